The summed E-state index contributed by atoms with van der Waals surface area (Å²) in [6.45, 7) is 23.1. The van der Waals surface area contributed by atoms with Crippen molar-refractivity contribution in [2.75, 3.05) is 0 Å². The Morgan fingerprint density at radius 1 is 0.424 bits per heavy atom. The standard InChI is InChI=1S/C27H42OSi5/c1-29(2,3)28-31(7,25-19-13-10-14-20-25)33(9,27-23-17-12-18-24-27)32(8,30(4,5)6)26-21-15-11-16-22-26/h10-24H,1-9H3. The predicted molar refractivity (Wildman–Crippen MR) is 161 cm³/mol. The first-order chi connectivity index (χ1) is 15.3. The molecular formula is C27H42OSi5. The molecule has 1 nitrogen and oxygen atoms in total. The van der Waals surface area contributed by atoms with Gasteiger partial charge < -0.3 is 4.12 Å². The highest BCUT2D eigenvalue weighted by atomic mass is 29.8. The summed E-state index contributed by atoms with van der Waals surface area (Å²) in [6, 6.07) is 34.6. The Labute approximate surface area is 206 Å². The van der Waals surface area contributed by atoms with E-state index in [1.54, 1.807) is 10.4 Å². The fraction of sp³-hybridized carbons (Fsp3) is 0.333. The number of rotatable bonds is 8. The number of hydrogen-bond acceptors (Lipinski definition) is 1. The van der Waals surface area contributed by atoms with Crippen LogP contribution < -0.4 is 15.6 Å². The summed E-state index contributed by atoms with van der Waals surface area (Å²) in [5, 5.41) is 4.72. The van der Waals surface area contributed by atoms with Crippen LogP contribution in [0.4, 0.5) is 0 Å². The van der Waals surface area contributed by atoms with Crippen LogP contribution in [0.3, 0.4) is 0 Å². The summed E-state index contributed by atoms with van der Waals surface area (Å²) >= 11 is 0. The predicted octanol–water partition coefficient (Wildman–Crippen LogP) is 5.87. The molecule has 0 saturated heterocycles. The van der Waals surface area contributed by atoms with Crippen molar-refractivity contribution in [3.05, 3.63) is 91.0 Å². The Hall–Kier alpha value is -1.30. The Morgan fingerprint density at radius 2 is 0.758 bits per heavy atom. The smallest absolute Gasteiger partial charge is 0.197 e. The second-order valence-electron chi connectivity index (χ2n) is 11.8. The van der Waals surface area contributed by atoms with Gasteiger partial charge in [0.15, 0.2) is 16.2 Å². The Balaban J connectivity index is 2.51. The molecule has 0 N–H and O–H groups in total. The van der Waals surface area contributed by atoms with Crippen LogP contribution in [0.25, 0.3) is 0 Å². The summed E-state index contributed by atoms with van der Waals surface area (Å²) in [5.41, 5.74) is 0. The van der Waals surface area contributed by atoms with Crippen LogP contribution in [0.15, 0.2) is 91.0 Å². The van der Waals surface area contributed by atoms with Crippen molar-refractivity contribution in [2.45, 2.75) is 58.9 Å². The Morgan fingerprint density at radius 3 is 1.09 bits per heavy atom. The molecule has 0 radical (unpaired) electrons. The van der Waals surface area contributed by atoms with Gasteiger partial charge in [0.05, 0.1) is 7.11 Å². The third kappa shape index (κ3) is 4.66. The van der Waals surface area contributed by atoms with E-state index < -0.39 is 38.0 Å². The van der Waals surface area contributed by atoms with Gasteiger partial charge in [-0.3, -0.25) is 0 Å². The molecule has 6 heteroatoms. The van der Waals surface area contributed by atoms with Crippen molar-refractivity contribution in [3.63, 3.8) is 0 Å². The maximum absolute atomic E-state index is 7.59. The van der Waals surface area contributed by atoms with Gasteiger partial charge in [-0.2, -0.15) is 0 Å². The van der Waals surface area contributed by atoms with E-state index in [4.69, 9.17) is 4.12 Å². The second kappa shape index (κ2) is 9.39. The lowest BCUT2D eigenvalue weighted by molar-refractivity contribution is 0.577. The SMILES string of the molecule is C[Si](C)(C)O[Si](C)(c1ccccc1)[Si](C)(c1ccccc1)[Si](C)(c1ccccc1)[Si](C)(C)C. The molecular weight excluding hydrogens is 481 g/mol. The first-order valence-electron chi connectivity index (χ1n) is 12.1. The lowest BCUT2D eigenvalue weighted by atomic mass is 10.4. The average molecular weight is 523 g/mol. The number of hydrogen-bond donors (Lipinski definition) is 0. The van der Waals surface area contributed by atoms with Gasteiger partial charge in [0, 0.05) is 7.59 Å². The highest BCUT2D eigenvalue weighted by Crippen LogP contribution is 2.37. The van der Waals surface area contributed by atoms with Crippen molar-refractivity contribution < 1.29 is 4.12 Å². The lowest BCUT2D eigenvalue weighted by Crippen LogP contribution is -2.93. The van der Waals surface area contributed by atoms with E-state index in [0.717, 1.165) is 0 Å². The molecule has 0 bridgehead atoms. The monoisotopic (exact) mass is 522 g/mol. The van der Waals surface area contributed by atoms with E-state index in [9.17, 15) is 0 Å². The molecule has 0 spiro atoms. The van der Waals surface area contributed by atoms with Crippen LogP contribution >= 0.6 is 0 Å². The molecule has 3 aromatic rings. The highest BCUT2D eigenvalue weighted by molar-refractivity contribution is 7.89. The van der Waals surface area contributed by atoms with Gasteiger partial charge >= 0.3 is 0 Å². The first-order valence-corrected chi connectivity index (χ1v) is 29.5. The molecule has 0 aliphatic rings. The minimum absolute atomic E-state index is 1.48. The van der Waals surface area contributed by atoms with Gasteiger partial charge in [0.2, 0.25) is 0 Å². The lowest BCUT2D eigenvalue weighted by Gasteiger charge is -2.59. The van der Waals surface area contributed by atoms with Crippen molar-refractivity contribution >= 4 is 53.5 Å². The fourth-order valence-electron chi connectivity index (χ4n) is 5.87. The Bertz CT molecular complexity index is 1050. The molecule has 3 atom stereocenters. The van der Waals surface area contributed by atoms with Gasteiger partial charge in [0.1, 0.15) is 7.11 Å². The summed E-state index contributed by atoms with van der Waals surface area (Å²) < 4.78 is 7.59. The van der Waals surface area contributed by atoms with E-state index in [2.05, 4.69) is 150 Å². The van der Waals surface area contributed by atoms with Gasteiger partial charge in [-0.05, 0) is 31.4 Å². The molecule has 0 amide bonds. The maximum Gasteiger partial charge on any atom is 0.197 e. The molecule has 3 unspecified atom stereocenters. The molecule has 3 rings (SSSR count). The van der Waals surface area contributed by atoms with Crippen molar-refractivity contribution in [2.24, 2.45) is 0 Å². The summed E-state index contributed by atoms with van der Waals surface area (Å²) in [6.07, 6.45) is 0. The van der Waals surface area contributed by atoms with Crippen LogP contribution in [0.5, 0.6) is 0 Å². The molecule has 0 aliphatic heterocycles. The zero-order chi connectivity index (χ0) is 24.5. The molecule has 176 valence electrons. The molecule has 0 aromatic heterocycles. The summed E-state index contributed by atoms with van der Waals surface area (Å²) in [7, 11) is -10.0. The van der Waals surface area contributed by atoms with E-state index >= 15 is 0 Å². The average Bonchev–Trinajstić information content (AvgIpc) is 2.77. The van der Waals surface area contributed by atoms with Crippen LogP contribution in [0.2, 0.25) is 58.9 Å². The van der Waals surface area contributed by atoms with Gasteiger partial charge in [0.25, 0.3) is 0 Å². The van der Waals surface area contributed by atoms with E-state index in [-0.39, 0.29) is 0 Å². The number of benzene rings is 3. The molecule has 3 aromatic carbocycles. The topological polar surface area (TPSA) is 9.23 Å². The van der Waals surface area contributed by atoms with Gasteiger partial charge in [-0.1, -0.05) is 134 Å². The summed E-state index contributed by atoms with van der Waals surface area (Å²) in [5.74, 6) is 0. The van der Waals surface area contributed by atoms with Crippen LogP contribution in [-0.4, -0.2) is 38.0 Å². The molecule has 0 aliphatic carbocycles. The van der Waals surface area contributed by atoms with Gasteiger partial charge in [-0.25, -0.2) is 0 Å². The third-order valence-corrected chi connectivity index (χ3v) is 71.7. The minimum atomic E-state index is -2.39. The largest absolute Gasteiger partial charge is 0.454 e. The van der Waals surface area contributed by atoms with Crippen LogP contribution in [0, 0.1) is 0 Å². The fourth-order valence-corrected chi connectivity index (χ4v) is 88.0. The van der Waals surface area contributed by atoms with E-state index in [0.29, 0.717) is 0 Å². The highest BCUT2D eigenvalue weighted by Gasteiger charge is 2.68. The van der Waals surface area contributed by atoms with Crippen LogP contribution in [-0.2, 0) is 4.12 Å². The zero-order valence-electron chi connectivity index (χ0n) is 22.1. The van der Waals surface area contributed by atoms with Gasteiger partial charge in [-0.15, -0.1) is 0 Å². The zero-order valence-corrected chi connectivity index (χ0v) is 27.1. The van der Waals surface area contributed by atoms with Crippen LogP contribution in [0.1, 0.15) is 0 Å². The van der Waals surface area contributed by atoms with E-state index in [1.165, 1.54) is 5.19 Å². The minimum Gasteiger partial charge on any atom is -0.454 e. The van der Waals surface area contributed by atoms with Crippen molar-refractivity contribution in [1.29, 1.82) is 0 Å². The molecule has 0 saturated carbocycles. The normalized spacial score (nSPS) is 18.1. The molecule has 0 heterocycles. The quantitative estimate of drug-likeness (QED) is 0.336. The Kier molecular flexibility index (Phi) is 7.49. The third-order valence-electron chi connectivity index (χ3n) is 7.99. The first kappa shape index (κ1) is 26.3. The molecule has 33 heavy (non-hydrogen) atoms. The van der Waals surface area contributed by atoms with Crippen molar-refractivity contribution in [3.8, 4) is 0 Å². The van der Waals surface area contributed by atoms with Crippen molar-refractivity contribution in [1.82, 2.24) is 0 Å². The summed E-state index contributed by atoms with van der Waals surface area (Å²) in [4.78, 5) is 0. The molecule has 0 fully saturated rings. The van der Waals surface area contributed by atoms with E-state index in [1.807, 2.05) is 0 Å². The maximum atomic E-state index is 7.59. The second-order valence-corrected chi connectivity index (χ2v) is 52.0.